The summed E-state index contributed by atoms with van der Waals surface area (Å²) in [4.78, 5) is 16.4. The van der Waals surface area contributed by atoms with E-state index in [2.05, 4.69) is 20.9 Å². The molecule has 0 saturated heterocycles. The van der Waals surface area contributed by atoms with E-state index in [9.17, 15) is 27.5 Å². The minimum atomic E-state index is -4.88. The van der Waals surface area contributed by atoms with Gasteiger partial charge in [0, 0.05) is 23.5 Å². The number of aliphatic hydroxyl groups is 1. The second-order valence-corrected chi connectivity index (χ2v) is 8.33. The van der Waals surface area contributed by atoms with E-state index in [1.165, 1.54) is 6.20 Å². The molecule has 1 saturated carbocycles. The second-order valence-electron chi connectivity index (χ2n) is 8.33. The Balaban J connectivity index is 1.24. The Labute approximate surface area is 202 Å². The first-order chi connectivity index (χ1) is 17.1. The number of nitrogens with zero attached hydrogens (tertiary/aromatic N) is 1. The van der Waals surface area contributed by atoms with Gasteiger partial charge in [-0.25, -0.2) is 9.18 Å². The number of ether oxygens (including phenoxy) is 2. The molecule has 4 N–H and O–H groups in total. The number of aliphatic hydroxyl groups excluding tert-OH is 1. The van der Waals surface area contributed by atoms with E-state index in [-0.39, 0.29) is 17.7 Å². The van der Waals surface area contributed by atoms with Gasteiger partial charge in [0.1, 0.15) is 35.4 Å². The number of carbonyl (C=O) groups excluding carboxylic acids is 1. The van der Waals surface area contributed by atoms with Gasteiger partial charge in [0.05, 0.1) is 23.2 Å². The average molecular weight is 504 g/mol. The Bertz CT molecular complexity index is 1320. The molecule has 12 heteroatoms. The molecule has 8 nitrogen and oxygen atoms in total. The van der Waals surface area contributed by atoms with Gasteiger partial charge in [-0.05, 0) is 49.5 Å². The number of hydrogen-bond acceptors (Lipinski definition) is 6. The van der Waals surface area contributed by atoms with Crippen molar-refractivity contribution in [1.29, 1.82) is 0 Å². The topological polar surface area (TPSA) is 105 Å². The van der Waals surface area contributed by atoms with E-state index in [1.807, 2.05) is 0 Å². The summed E-state index contributed by atoms with van der Waals surface area (Å²) in [5, 5.41) is 17.6. The number of pyridine rings is 1. The van der Waals surface area contributed by atoms with E-state index in [1.54, 1.807) is 37.4 Å². The fraction of sp³-hybridized carbons (Fsp3) is 0.250. The Hall–Kier alpha value is -3.90. The Morgan fingerprint density at radius 2 is 1.92 bits per heavy atom. The number of alkyl halides is 3. The first kappa shape index (κ1) is 23.8. The van der Waals surface area contributed by atoms with Crippen LogP contribution in [0.15, 0.2) is 54.7 Å². The average Bonchev–Trinajstić information content (AvgIpc) is 3.35. The van der Waals surface area contributed by atoms with Crippen LogP contribution in [-0.2, 0) is 6.18 Å². The minimum Gasteiger partial charge on any atom is -0.487 e. The van der Waals surface area contributed by atoms with Crippen molar-refractivity contribution in [3.8, 4) is 17.2 Å². The molecule has 4 atom stereocenters. The van der Waals surface area contributed by atoms with Crippen LogP contribution in [0.25, 0.3) is 0 Å². The van der Waals surface area contributed by atoms with Gasteiger partial charge in [0.2, 0.25) is 0 Å². The maximum absolute atomic E-state index is 13.5. The van der Waals surface area contributed by atoms with Crippen LogP contribution in [0.4, 0.5) is 28.0 Å². The summed E-state index contributed by atoms with van der Waals surface area (Å²) in [5.74, 6) is 0.0363. The van der Waals surface area contributed by atoms with Gasteiger partial charge in [-0.3, -0.25) is 10.3 Å². The molecule has 1 unspecified atom stereocenters. The van der Waals surface area contributed by atoms with Crippen LogP contribution in [0.2, 0.25) is 0 Å². The molecule has 188 valence electrons. The molecule has 0 radical (unpaired) electrons. The summed E-state index contributed by atoms with van der Waals surface area (Å²) >= 11 is 0. The van der Waals surface area contributed by atoms with Crippen LogP contribution in [0.3, 0.4) is 0 Å². The highest BCUT2D eigenvalue weighted by atomic mass is 19.4. The summed E-state index contributed by atoms with van der Waals surface area (Å²) in [5.41, 5.74) is -0.451. The number of urea groups is 1. The summed E-state index contributed by atoms with van der Waals surface area (Å²) in [6.07, 6.45) is -4.63. The summed E-state index contributed by atoms with van der Waals surface area (Å²) < 4.78 is 63.9. The van der Waals surface area contributed by atoms with Gasteiger partial charge in [-0.2, -0.15) is 13.2 Å². The highest BCUT2D eigenvalue weighted by Gasteiger charge is 2.59. The van der Waals surface area contributed by atoms with Gasteiger partial charge in [-0.1, -0.05) is 0 Å². The van der Waals surface area contributed by atoms with Crippen molar-refractivity contribution in [1.82, 2.24) is 15.6 Å². The number of anilines is 1. The Morgan fingerprint density at radius 1 is 1.14 bits per heavy atom. The fourth-order valence-corrected chi connectivity index (χ4v) is 4.14. The van der Waals surface area contributed by atoms with Crippen LogP contribution >= 0.6 is 0 Å². The van der Waals surface area contributed by atoms with E-state index >= 15 is 0 Å². The first-order valence-electron chi connectivity index (χ1n) is 10.9. The van der Waals surface area contributed by atoms with Crippen molar-refractivity contribution < 1.29 is 36.9 Å². The van der Waals surface area contributed by atoms with Crippen LogP contribution in [0.5, 0.6) is 17.2 Å². The van der Waals surface area contributed by atoms with Crippen LogP contribution in [0, 0.1) is 5.82 Å². The number of benzene rings is 2. The van der Waals surface area contributed by atoms with Crippen molar-refractivity contribution in [2.75, 3.05) is 12.4 Å². The Kier molecular flexibility index (Phi) is 5.92. The number of aromatic nitrogens is 1. The van der Waals surface area contributed by atoms with E-state index < -0.39 is 35.9 Å². The maximum Gasteiger partial charge on any atom is 0.419 e. The third kappa shape index (κ3) is 4.64. The molecule has 0 spiro atoms. The molecule has 2 aliphatic rings. The number of nitrogens with one attached hydrogen (secondary N) is 3. The number of halogens is 4. The lowest BCUT2D eigenvalue weighted by molar-refractivity contribution is -0.139. The normalized spacial score (nSPS) is 20.6. The molecule has 36 heavy (non-hydrogen) atoms. The van der Waals surface area contributed by atoms with E-state index in [0.29, 0.717) is 35.1 Å². The van der Waals surface area contributed by atoms with E-state index in [0.717, 1.165) is 11.6 Å². The predicted molar refractivity (Wildman–Crippen MR) is 119 cm³/mol. The zero-order valence-electron chi connectivity index (χ0n) is 18.6. The van der Waals surface area contributed by atoms with Crippen molar-refractivity contribution in [2.24, 2.45) is 0 Å². The molecule has 1 aliphatic heterocycles. The predicted octanol–water partition coefficient (Wildman–Crippen LogP) is 4.29. The summed E-state index contributed by atoms with van der Waals surface area (Å²) in [7, 11) is 1.59. The van der Waals surface area contributed by atoms with Crippen molar-refractivity contribution in [3.63, 3.8) is 0 Å². The molecule has 2 amide bonds. The molecule has 1 aliphatic carbocycles. The van der Waals surface area contributed by atoms with Crippen LogP contribution in [0.1, 0.15) is 29.0 Å². The summed E-state index contributed by atoms with van der Waals surface area (Å²) in [6, 6.07) is 9.59. The SMILES string of the molecule is CNC(O)c1cc(Oc2ccc3c(c2)[C@H]2[C@H](NC(=O)Nc4ccc(F)c(C(F)(F)F)c4)[C@H]2O3)ccn1. The lowest BCUT2D eigenvalue weighted by Crippen LogP contribution is -2.34. The molecule has 3 aromatic rings. The zero-order chi connectivity index (χ0) is 25.6. The standard InChI is InChI=1S/C24H20F4N4O4/c1-29-22(33)17-10-13(6-7-30-17)35-12-3-5-18-14(9-12)19-20(21(19)36-18)32-23(34)31-11-2-4-16(25)15(8-11)24(26,27)28/h2-10,19-22,29,33H,1H3,(H2,31,32,34)/t19-,20-,21-,22?/m0/s1. The van der Waals surface area contributed by atoms with Crippen LogP contribution in [-0.4, -0.2) is 35.3 Å². The highest BCUT2D eigenvalue weighted by molar-refractivity contribution is 5.90. The lowest BCUT2D eigenvalue weighted by Gasteiger charge is -2.14. The van der Waals surface area contributed by atoms with Crippen molar-refractivity contribution in [3.05, 3.63) is 77.4 Å². The molecule has 2 heterocycles. The second kappa shape index (κ2) is 8.95. The minimum absolute atomic E-state index is 0.160. The third-order valence-corrected chi connectivity index (χ3v) is 5.93. The molecule has 1 fully saturated rings. The number of carbonyl (C=O) groups is 1. The maximum atomic E-state index is 13.5. The smallest absolute Gasteiger partial charge is 0.419 e. The third-order valence-electron chi connectivity index (χ3n) is 5.93. The largest absolute Gasteiger partial charge is 0.487 e. The molecule has 1 aromatic heterocycles. The van der Waals surface area contributed by atoms with Crippen molar-refractivity contribution >= 4 is 11.7 Å². The van der Waals surface area contributed by atoms with E-state index in [4.69, 9.17) is 9.47 Å². The van der Waals surface area contributed by atoms with Crippen molar-refractivity contribution in [2.45, 2.75) is 30.5 Å². The lowest BCUT2D eigenvalue weighted by atomic mass is 10.1. The molecule has 0 bridgehead atoms. The quantitative estimate of drug-likeness (QED) is 0.295. The van der Waals surface area contributed by atoms with Crippen LogP contribution < -0.4 is 25.4 Å². The first-order valence-corrected chi connectivity index (χ1v) is 10.9. The van der Waals surface area contributed by atoms with Gasteiger partial charge in [-0.15, -0.1) is 0 Å². The van der Waals surface area contributed by atoms with Gasteiger partial charge < -0.3 is 25.2 Å². The fourth-order valence-electron chi connectivity index (χ4n) is 4.14. The molecule has 5 rings (SSSR count). The summed E-state index contributed by atoms with van der Waals surface area (Å²) in [6.45, 7) is 0. The number of amides is 2. The van der Waals surface area contributed by atoms with Gasteiger partial charge >= 0.3 is 12.2 Å². The Morgan fingerprint density at radius 3 is 2.67 bits per heavy atom. The van der Waals surface area contributed by atoms with Gasteiger partial charge in [0.25, 0.3) is 0 Å². The number of hydrogen-bond donors (Lipinski definition) is 4. The molecular weight excluding hydrogens is 484 g/mol. The number of rotatable bonds is 6. The molecule has 2 aromatic carbocycles. The van der Waals surface area contributed by atoms with Gasteiger partial charge in [0.15, 0.2) is 0 Å². The zero-order valence-corrected chi connectivity index (χ0v) is 18.6. The number of fused-ring (bicyclic) bond motifs is 3. The monoisotopic (exact) mass is 504 g/mol. The highest BCUT2D eigenvalue weighted by Crippen LogP contribution is 2.54. The molecular formula is C24H20F4N4O4.